The molecule has 0 unspecified atom stereocenters. The molecule has 0 heteroatoms. The topological polar surface area (TPSA) is 0 Å². The summed E-state index contributed by atoms with van der Waals surface area (Å²) in [6.07, 6.45) is 9.26. The van der Waals surface area contributed by atoms with Gasteiger partial charge in [-0.3, -0.25) is 0 Å². The molecule has 0 amide bonds. The van der Waals surface area contributed by atoms with Crippen molar-refractivity contribution in [3.05, 3.63) is 113 Å². The summed E-state index contributed by atoms with van der Waals surface area (Å²) in [5.74, 6) is 0. The number of allylic oxidation sites excluding steroid dienone is 7. The van der Waals surface area contributed by atoms with Crippen LogP contribution in [0, 0.1) is 6.92 Å². The second kappa shape index (κ2) is 19.7. The Morgan fingerprint density at radius 2 is 1.37 bits per heavy atom. The van der Waals surface area contributed by atoms with Gasteiger partial charge >= 0.3 is 0 Å². The maximum atomic E-state index is 3.83. The zero-order valence-corrected chi connectivity index (χ0v) is 20.9. The smallest absolute Gasteiger partial charge is 0.00545 e. The van der Waals surface area contributed by atoms with E-state index in [-0.39, 0.29) is 0 Å². The van der Waals surface area contributed by atoms with Gasteiger partial charge in [0.2, 0.25) is 0 Å². The molecule has 0 radical (unpaired) electrons. The van der Waals surface area contributed by atoms with E-state index < -0.39 is 0 Å². The molecule has 0 saturated carbocycles. The van der Waals surface area contributed by atoms with Crippen LogP contribution in [0.15, 0.2) is 96.6 Å². The van der Waals surface area contributed by atoms with Gasteiger partial charge in [0.1, 0.15) is 0 Å². The molecule has 0 aliphatic heterocycles. The number of aryl methyl sites for hydroxylation is 1. The average molecular weight is 405 g/mol. The van der Waals surface area contributed by atoms with Crippen LogP contribution in [0.3, 0.4) is 0 Å². The summed E-state index contributed by atoms with van der Waals surface area (Å²) in [5, 5.41) is 0. The molecule has 164 valence electrons. The zero-order valence-electron chi connectivity index (χ0n) is 20.9. The number of hydrogen-bond acceptors (Lipinski definition) is 0. The number of hydrogen-bond donors (Lipinski definition) is 0. The molecule has 0 heterocycles. The molecule has 0 nitrogen and oxygen atoms in total. The summed E-state index contributed by atoms with van der Waals surface area (Å²) in [4.78, 5) is 0. The summed E-state index contributed by atoms with van der Waals surface area (Å²) < 4.78 is 0. The lowest BCUT2D eigenvalue weighted by molar-refractivity contribution is 1.19. The SMILES string of the molecule is C/C=C\C(C)=C/C.C=CC1=C(C)Cc2ccccc21.CC.CC.Cc1ccccc1. The maximum Gasteiger partial charge on any atom is -0.00545 e. The lowest BCUT2D eigenvalue weighted by Gasteiger charge is -1.98. The molecule has 0 saturated heterocycles. The first-order valence-corrected chi connectivity index (χ1v) is 11.2. The molecule has 30 heavy (non-hydrogen) atoms. The predicted octanol–water partition coefficient (Wildman–Crippen LogP) is 9.78. The van der Waals surface area contributed by atoms with Crippen molar-refractivity contribution in [1.29, 1.82) is 0 Å². The van der Waals surface area contributed by atoms with Gasteiger partial charge in [-0.15, -0.1) is 0 Å². The number of rotatable bonds is 2. The molecule has 0 aromatic heterocycles. The van der Waals surface area contributed by atoms with Crippen LogP contribution in [0.25, 0.3) is 5.57 Å². The van der Waals surface area contributed by atoms with E-state index in [1.807, 2.05) is 71.9 Å². The summed E-state index contributed by atoms with van der Waals surface area (Å²) in [7, 11) is 0. The van der Waals surface area contributed by atoms with E-state index in [2.05, 4.69) is 75.9 Å². The van der Waals surface area contributed by atoms with Crippen molar-refractivity contribution in [2.45, 2.75) is 68.7 Å². The van der Waals surface area contributed by atoms with Crippen LogP contribution in [0.4, 0.5) is 0 Å². The quantitative estimate of drug-likeness (QED) is 0.437. The molecule has 2 aromatic carbocycles. The summed E-state index contributed by atoms with van der Waals surface area (Å²) in [6.45, 7) is 22.2. The van der Waals surface area contributed by atoms with E-state index in [9.17, 15) is 0 Å². The third-order valence-electron chi connectivity index (χ3n) is 4.25. The fraction of sp³-hybridized carbons (Fsp3) is 0.333. The van der Waals surface area contributed by atoms with Gasteiger partial charge < -0.3 is 0 Å². The third kappa shape index (κ3) is 12.1. The third-order valence-corrected chi connectivity index (χ3v) is 4.25. The molecular formula is C30H44. The Labute approximate surface area is 187 Å². The van der Waals surface area contributed by atoms with Crippen LogP contribution in [0.2, 0.25) is 0 Å². The second-order valence-electron chi connectivity index (χ2n) is 6.42. The van der Waals surface area contributed by atoms with E-state index in [0.29, 0.717) is 0 Å². The average Bonchev–Trinajstić information content (AvgIpc) is 3.13. The Hall–Kier alpha value is -2.60. The van der Waals surface area contributed by atoms with E-state index in [1.54, 1.807) is 0 Å². The highest BCUT2D eigenvalue weighted by Gasteiger charge is 2.14. The largest absolute Gasteiger partial charge is 0.0984 e. The van der Waals surface area contributed by atoms with Crippen molar-refractivity contribution in [3.8, 4) is 0 Å². The van der Waals surface area contributed by atoms with Gasteiger partial charge in [0.15, 0.2) is 0 Å². The summed E-state index contributed by atoms with van der Waals surface area (Å²) in [5.41, 5.74) is 8.21. The molecule has 3 rings (SSSR count). The van der Waals surface area contributed by atoms with Crippen LogP contribution < -0.4 is 0 Å². The molecular weight excluding hydrogens is 360 g/mol. The Balaban J connectivity index is 0. The fourth-order valence-electron chi connectivity index (χ4n) is 2.73. The Morgan fingerprint density at radius 3 is 1.77 bits per heavy atom. The summed E-state index contributed by atoms with van der Waals surface area (Å²) >= 11 is 0. The fourth-order valence-corrected chi connectivity index (χ4v) is 2.73. The molecule has 0 bridgehead atoms. The Bertz CT molecular complexity index is 771. The highest BCUT2D eigenvalue weighted by atomic mass is 14.2. The highest BCUT2D eigenvalue weighted by molar-refractivity contribution is 5.82. The van der Waals surface area contributed by atoms with Gasteiger partial charge in [-0.05, 0) is 57.7 Å². The van der Waals surface area contributed by atoms with Gasteiger partial charge in [0.25, 0.3) is 0 Å². The van der Waals surface area contributed by atoms with Gasteiger partial charge in [0, 0.05) is 0 Å². The minimum atomic E-state index is 1.09. The Kier molecular flexibility index (Phi) is 19.4. The minimum absolute atomic E-state index is 1.09. The van der Waals surface area contributed by atoms with Gasteiger partial charge in [0.05, 0.1) is 0 Å². The molecule has 1 aliphatic rings. The molecule has 2 aromatic rings. The predicted molar refractivity (Wildman–Crippen MR) is 141 cm³/mol. The first kappa shape index (κ1) is 29.6. The highest BCUT2D eigenvalue weighted by Crippen LogP contribution is 2.32. The monoisotopic (exact) mass is 404 g/mol. The van der Waals surface area contributed by atoms with Crippen LogP contribution in [0.5, 0.6) is 0 Å². The van der Waals surface area contributed by atoms with E-state index in [4.69, 9.17) is 0 Å². The van der Waals surface area contributed by atoms with E-state index in [1.165, 1.54) is 33.4 Å². The van der Waals surface area contributed by atoms with Crippen LogP contribution in [-0.4, -0.2) is 0 Å². The van der Waals surface area contributed by atoms with E-state index in [0.717, 1.165) is 6.42 Å². The van der Waals surface area contributed by atoms with Crippen LogP contribution in [0.1, 0.15) is 72.1 Å². The van der Waals surface area contributed by atoms with Crippen molar-refractivity contribution < 1.29 is 0 Å². The normalized spacial score (nSPS) is 11.4. The first-order chi connectivity index (χ1) is 14.5. The van der Waals surface area contributed by atoms with Gasteiger partial charge in [-0.2, -0.15) is 0 Å². The van der Waals surface area contributed by atoms with Crippen molar-refractivity contribution in [2.24, 2.45) is 0 Å². The van der Waals surface area contributed by atoms with Crippen LogP contribution >= 0.6 is 0 Å². The number of benzene rings is 2. The molecule has 0 N–H and O–H groups in total. The van der Waals surface area contributed by atoms with Gasteiger partial charge in [-0.1, -0.05) is 130 Å². The standard InChI is InChI=1S/C12H12.C7H8.C7H12.2C2H6/c1-3-11-9(2)8-10-6-4-5-7-12(10)11;1-7-5-3-2-4-6-7;1-4-6-7(3)5-2;2*1-2/h3-7H,1,8H2,2H3;2-6H,1H3;4-6H,1-3H3;2*1-2H3/b;;6-4-,7-5-;;. The maximum absolute atomic E-state index is 3.83. The van der Waals surface area contributed by atoms with Crippen molar-refractivity contribution >= 4 is 5.57 Å². The van der Waals surface area contributed by atoms with Crippen molar-refractivity contribution in [2.75, 3.05) is 0 Å². The molecule has 0 spiro atoms. The molecule has 1 aliphatic carbocycles. The summed E-state index contributed by atoms with van der Waals surface area (Å²) in [6, 6.07) is 18.8. The van der Waals surface area contributed by atoms with E-state index >= 15 is 0 Å². The lowest BCUT2D eigenvalue weighted by atomic mass is 10.1. The lowest BCUT2D eigenvalue weighted by Crippen LogP contribution is -1.80. The first-order valence-electron chi connectivity index (χ1n) is 11.2. The zero-order chi connectivity index (χ0) is 23.4. The van der Waals surface area contributed by atoms with Crippen LogP contribution in [-0.2, 0) is 6.42 Å². The second-order valence-corrected chi connectivity index (χ2v) is 6.42. The molecule has 0 fully saturated rings. The van der Waals surface area contributed by atoms with Gasteiger partial charge in [-0.25, -0.2) is 0 Å². The molecule has 0 atom stereocenters. The Morgan fingerprint density at radius 1 is 0.833 bits per heavy atom. The number of fused-ring (bicyclic) bond motifs is 1. The van der Waals surface area contributed by atoms with Crippen molar-refractivity contribution in [3.63, 3.8) is 0 Å². The van der Waals surface area contributed by atoms with Crippen molar-refractivity contribution in [1.82, 2.24) is 0 Å². The minimum Gasteiger partial charge on any atom is -0.0984 e.